The van der Waals surface area contributed by atoms with Crippen molar-refractivity contribution in [3.63, 3.8) is 0 Å². The maximum absolute atomic E-state index is 11.0. The van der Waals surface area contributed by atoms with Gasteiger partial charge >= 0.3 is 6.09 Å². The van der Waals surface area contributed by atoms with Gasteiger partial charge in [-0.3, -0.25) is 10.3 Å². The van der Waals surface area contributed by atoms with Gasteiger partial charge in [0.1, 0.15) is 0 Å². The highest BCUT2D eigenvalue weighted by atomic mass is 16.4. The van der Waals surface area contributed by atoms with E-state index < -0.39 is 6.09 Å². The molecule has 2 N–H and O–H groups in total. The second-order valence-electron chi connectivity index (χ2n) is 5.49. The van der Waals surface area contributed by atoms with Crippen LogP contribution >= 0.6 is 0 Å². The van der Waals surface area contributed by atoms with Crippen LogP contribution in [0.15, 0.2) is 72.2 Å². The Labute approximate surface area is 145 Å². The predicted octanol–water partition coefficient (Wildman–Crippen LogP) is 3.66. The molecule has 1 amide bonds. The molecule has 0 spiro atoms. The third-order valence-electron chi connectivity index (χ3n) is 3.84. The Morgan fingerprint density at radius 1 is 1.24 bits per heavy atom. The van der Waals surface area contributed by atoms with Crippen LogP contribution in [0.4, 0.5) is 10.5 Å². The molecule has 0 aliphatic rings. The number of carboxylic acid groups (broad SMARTS) is 1. The first-order valence-electron chi connectivity index (χ1n) is 7.77. The average Bonchev–Trinajstić information content (AvgIpc) is 3.12. The molecule has 0 bridgehead atoms. The van der Waals surface area contributed by atoms with Crippen molar-refractivity contribution < 1.29 is 9.90 Å². The number of benzene rings is 2. The minimum atomic E-state index is -1.10. The Balaban J connectivity index is 2.10. The fourth-order valence-electron chi connectivity index (χ4n) is 2.82. The van der Waals surface area contributed by atoms with Gasteiger partial charge in [0.15, 0.2) is 0 Å². The number of carbonyl (C=O) groups is 1. The highest BCUT2D eigenvalue weighted by molar-refractivity contribution is 5.94. The van der Waals surface area contributed by atoms with Crippen LogP contribution in [0.25, 0.3) is 0 Å². The van der Waals surface area contributed by atoms with Gasteiger partial charge in [-0.25, -0.2) is 9.78 Å². The smallest absolute Gasteiger partial charge is 0.409 e. The standard InChI is InChI=1S/C19H18N4O2/c1-20-12-16-11-15(7-8-17(16)22-19(24)25)18(23-10-9-21-13-23)14-5-3-2-4-6-14/h2-13,18,22H,1H3,(H,24,25)/b20-12-. The molecule has 0 saturated carbocycles. The lowest BCUT2D eigenvalue weighted by Crippen LogP contribution is -2.13. The highest BCUT2D eigenvalue weighted by Gasteiger charge is 2.17. The van der Waals surface area contributed by atoms with Crippen LogP contribution < -0.4 is 5.32 Å². The summed E-state index contributed by atoms with van der Waals surface area (Å²) in [5, 5.41) is 11.4. The molecule has 6 nitrogen and oxygen atoms in total. The lowest BCUT2D eigenvalue weighted by atomic mass is 9.96. The van der Waals surface area contributed by atoms with Crippen molar-refractivity contribution in [2.45, 2.75) is 6.04 Å². The first kappa shape index (κ1) is 16.4. The van der Waals surface area contributed by atoms with Gasteiger partial charge in [0.2, 0.25) is 0 Å². The van der Waals surface area contributed by atoms with Gasteiger partial charge < -0.3 is 9.67 Å². The zero-order valence-corrected chi connectivity index (χ0v) is 13.7. The number of aliphatic imine (C=N–C) groups is 1. The minimum Gasteiger partial charge on any atom is -0.465 e. The highest BCUT2D eigenvalue weighted by Crippen LogP contribution is 2.29. The lowest BCUT2D eigenvalue weighted by Gasteiger charge is -2.21. The third-order valence-corrected chi connectivity index (χ3v) is 3.84. The van der Waals surface area contributed by atoms with E-state index in [2.05, 4.69) is 27.4 Å². The fourth-order valence-corrected chi connectivity index (χ4v) is 2.82. The van der Waals surface area contributed by atoms with E-state index in [0.29, 0.717) is 11.3 Å². The van der Waals surface area contributed by atoms with Gasteiger partial charge in [0, 0.05) is 31.2 Å². The summed E-state index contributed by atoms with van der Waals surface area (Å²) in [6.07, 6.45) is 5.96. The van der Waals surface area contributed by atoms with Crippen LogP contribution in [0.2, 0.25) is 0 Å². The number of nitrogens with one attached hydrogen (secondary N) is 1. The Bertz CT molecular complexity index is 874. The molecular formula is C19H18N4O2. The molecule has 2 aromatic carbocycles. The topological polar surface area (TPSA) is 79.5 Å². The van der Waals surface area contributed by atoms with Gasteiger partial charge in [0.25, 0.3) is 0 Å². The molecule has 0 fully saturated rings. The fraction of sp³-hybridized carbons (Fsp3) is 0.105. The maximum Gasteiger partial charge on any atom is 0.409 e. The molecule has 1 heterocycles. The summed E-state index contributed by atoms with van der Waals surface area (Å²) < 4.78 is 2.02. The van der Waals surface area contributed by atoms with Crippen molar-refractivity contribution in [3.8, 4) is 0 Å². The molecule has 0 saturated heterocycles. The van der Waals surface area contributed by atoms with Gasteiger partial charge in [-0.15, -0.1) is 0 Å². The largest absolute Gasteiger partial charge is 0.465 e. The summed E-state index contributed by atoms with van der Waals surface area (Å²) >= 11 is 0. The third kappa shape index (κ3) is 3.74. The molecular weight excluding hydrogens is 316 g/mol. The average molecular weight is 334 g/mol. The van der Waals surface area contributed by atoms with E-state index in [4.69, 9.17) is 5.11 Å². The maximum atomic E-state index is 11.0. The van der Waals surface area contributed by atoms with E-state index >= 15 is 0 Å². The summed E-state index contributed by atoms with van der Waals surface area (Å²) in [5.74, 6) is 0. The van der Waals surface area contributed by atoms with Crippen LogP contribution in [-0.2, 0) is 0 Å². The van der Waals surface area contributed by atoms with Crippen LogP contribution in [-0.4, -0.2) is 34.0 Å². The van der Waals surface area contributed by atoms with Crippen LogP contribution in [0.5, 0.6) is 0 Å². The Morgan fingerprint density at radius 2 is 2.04 bits per heavy atom. The quantitative estimate of drug-likeness (QED) is 0.699. The number of nitrogens with zero attached hydrogens (tertiary/aromatic N) is 3. The molecule has 0 aliphatic carbocycles. The molecule has 1 unspecified atom stereocenters. The van der Waals surface area contributed by atoms with E-state index in [1.165, 1.54) is 0 Å². The van der Waals surface area contributed by atoms with Crippen molar-refractivity contribution in [2.75, 3.05) is 12.4 Å². The van der Waals surface area contributed by atoms with Gasteiger partial charge in [0.05, 0.1) is 18.1 Å². The number of amides is 1. The van der Waals surface area contributed by atoms with E-state index in [9.17, 15) is 4.79 Å². The Morgan fingerprint density at radius 3 is 2.68 bits per heavy atom. The zero-order chi connectivity index (χ0) is 17.6. The zero-order valence-electron chi connectivity index (χ0n) is 13.7. The molecule has 3 rings (SSSR count). The molecule has 6 heteroatoms. The van der Waals surface area contributed by atoms with Gasteiger partial charge in [-0.1, -0.05) is 36.4 Å². The number of imidazole rings is 1. The molecule has 3 aromatic rings. The van der Waals surface area contributed by atoms with E-state index in [0.717, 1.165) is 11.1 Å². The van der Waals surface area contributed by atoms with E-state index in [-0.39, 0.29) is 6.04 Å². The number of anilines is 1. The predicted molar refractivity (Wildman–Crippen MR) is 97.5 cm³/mol. The molecule has 0 radical (unpaired) electrons. The minimum absolute atomic E-state index is 0.0633. The summed E-state index contributed by atoms with van der Waals surface area (Å²) in [7, 11) is 1.65. The number of hydrogen-bond acceptors (Lipinski definition) is 3. The van der Waals surface area contributed by atoms with E-state index in [1.807, 2.05) is 41.1 Å². The summed E-state index contributed by atoms with van der Waals surface area (Å²) in [5.41, 5.74) is 3.33. The SMILES string of the molecule is C/N=C\c1cc(C(c2ccccc2)n2ccnc2)ccc1NC(=O)O. The Kier molecular flexibility index (Phi) is 4.89. The van der Waals surface area contributed by atoms with E-state index in [1.54, 1.807) is 31.9 Å². The van der Waals surface area contributed by atoms with Crippen LogP contribution in [0.3, 0.4) is 0 Å². The van der Waals surface area contributed by atoms with Crippen molar-refractivity contribution in [2.24, 2.45) is 4.99 Å². The van der Waals surface area contributed by atoms with Crippen LogP contribution in [0, 0.1) is 0 Å². The molecule has 25 heavy (non-hydrogen) atoms. The molecule has 1 aromatic heterocycles. The second kappa shape index (κ2) is 7.44. The monoisotopic (exact) mass is 334 g/mol. The number of aromatic nitrogens is 2. The first-order chi connectivity index (χ1) is 12.2. The molecule has 1 atom stereocenters. The summed E-state index contributed by atoms with van der Waals surface area (Å²) in [6, 6.07) is 15.6. The normalized spacial score (nSPS) is 12.2. The lowest BCUT2D eigenvalue weighted by molar-refractivity contribution is 0.209. The van der Waals surface area contributed by atoms with Gasteiger partial charge in [-0.05, 0) is 23.3 Å². The van der Waals surface area contributed by atoms with Gasteiger partial charge in [-0.2, -0.15) is 0 Å². The molecule has 126 valence electrons. The molecule has 0 aliphatic heterocycles. The van der Waals surface area contributed by atoms with Crippen molar-refractivity contribution >= 4 is 18.0 Å². The van der Waals surface area contributed by atoms with Crippen molar-refractivity contribution in [1.29, 1.82) is 0 Å². The second-order valence-corrected chi connectivity index (χ2v) is 5.49. The number of rotatable bonds is 5. The summed E-state index contributed by atoms with van der Waals surface area (Å²) in [6.45, 7) is 0. The summed E-state index contributed by atoms with van der Waals surface area (Å²) in [4.78, 5) is 19.2. The Hall–Kier alpha value is -3.41. The number of hydrogen-bond donors (Lipinski definition) is 2. The van der Waals surface area contributed by atoms with Crippen molar-refractivity contribution in [1.82, 2.24) is 9.55 Å². The van der Waals surface area contributed by atoms with Crippen LogP contribution in [0.1, 0.15) is 22.7 Å². The van der Waals surface area contributed by atoms with Crippen molar-refractivity contribution in [3.05, 3.63) is 83.9 Å². The first-order valence-corrected chi connectivity index (χ1v) is 7.77.